The number of rotatable bonds is 2. The number of aliphatic imine (C=N–C) groups is 1. The van der Waals surface area contributed by atoms with Crippen LogP contribution in [0.4, 0.5) is 18.9 Å². The van der Waals surface area contributed by atoms with E-state index in [0.717, 1.165) is 17.8 Å². The predicted molar refractivity (Wildman–Crippen MR) is 70.2 cm³/mol. The molecule has 1 N–H and O–H groups in total. The third kappa shape index (κ3) is 5.00. The lowest BCUT2D eigenvalue weighted by molar-refractivity contribution is -0.274. The van der Waals surface area contributed by atoms with Gasteiger partial charge < -0.3 is 4.74 Å². The third-order valence-corrected chi connectivity index (χ3v) is 3.12. The van der Waals surface area contributed by atoms with Gasteiger partial charge in [0.2, 0.25) is 0 Å². The highest BCUT2D eigenvalue weighted by Gasteiger charge is 2.32. The smallest absolute Gasteiger partial charge is 0.405 e. The van der Waals surface area contributed by atoms with E-state index in [2.05, 4.69) is 31.0 Å². The summed E-state index contributed by atoms with van der Waals surface area (Å²) in [5, 5.41) is 11.0. The molecule has 0 aliphatic carbocycles. The Bertz CT molecular complexity index is 528. The van der Waals surface area contributed by atoms with Gasteiger partial charge in [0.05, 0.1) is 10.2 Å². The van der Waals surface area contributed by atoms with Crippen molar-refractivity contribution in [2.45, 2.75) is 6.36 Å². The molecule has 0 unspecified atom stereocenters. The number of nitriles is 1. The summed E-state index contributed by atoms with van der Waals surface area (Å²) >= 11 is 4.14. The van der Waals surface area contributed by atoms with Gasteiger partial charge in [-0.15, -0.1) is 13.2 Å². The molecule has 0 spiro atoms. The van der Waals surface area contributed by atoms with E-state index < -0.39 is 12.1 Å². The molecule has 4 nitrogen and oxygen atoms in total. The molecule has 0 saturated heterocycles. The number of hydrogen-bond donors (Lipinski definition) is 1. The zero-order valence-corrected chi connectivity index (χ0v) is 11.9. The maximum atomic E-state index is 12.2. The van der Waals surface area contributed by atoms with Crippen LogP contribution in [0.25, 0.3) is 0 Å². The molecule has 102 valence electrons. The van der Waals surface area contributed by atoms with Crippen molar-refractivity contribution < 1.29 is 17.9 Å². The Hall–Kier alpha value is -1.40. The van der Waals surface area contributed by atoms with E-state index in [4.69, 9.17) is 5.26 Å². The lowest BCUT2D eigenvalue weighted by atomic mass is 10.3. The van der Waals surface area contributed by atoms with E-state index >= 15 is 0 Å². The van der Waals surface area contributed by atoms with Crippen LogP contribution in [0.15, 0.2) is 27.7 Å². The average Bonchev–Trinajstić information content (AvgIpc) is 2.31. The topological polar surface area (TPSA) is 57.4 Å². The molecule has 0 atom stereocenters. The summed E-state index contributed by atoms with van der Waals surface area (Å²) < 4.78 is 40.4. The summed E-state index contributed by atoms with van der Waals surface area (Å²) in [5.74, 6) is -0.397. The highest BCUT2D eigenvalue weighted by atomic mass is 79.9. The van der Waals surface area contributed by atoms with Crippen LogP contribution in [0.2, 0.25) is 0 Å². The fourth-order valence-electron chi connectivity index (χ4n) is 1.07. The van der Waals surface area contributed by atoms with Crippen molar-refractivity contribution in [3.05, 3.63) is 22.7 Å². The highest BCUT2D eigenvalue weighted by molar-refractivity contribution is 9.10. The van der Waals surface area contributed by atoms with Crippen molar-refractivity contribution in [1.29, 1.82) is 5.26 Å². The molecule has 0 amide bonds. The van der Waals surface area contributed by atoms with E-state index in [1.54, 1.807) is 12.4 Å². The van der Waals surface area contributed by atoms with E-state index in [9.17, 15) is 13.2 Å². The molecule has 0 aromatic heterocycles. The monoisotopic (exact) mass is 353 g/mol. The average molecular weight is 354 g/mol. The molecule has 0 aliphatic rings. The van der Waals surface area contributed by atoms with Crippen LogP contribution in [0.1, 0.15) is 0 Å². The fraction of sp³-hybridized carbons (Fsp3) is 0.200. The van der Waals surface area contributed by atoms with Crippen molar-refractivity contribution in [3.8, 4) is 11.9 Å². The summed E-state index contributed by atoms with van der Waals surface area (Å²) in [5.41, 5.74) is 0.217. The SMILES string of the molecule is CSC(=Nc1cccc(OC(F)(F)F)c1Br)NC#N. The molecule has 1 rings (SSSR count). The molecular formula is C10H7BrF3N3OS. The number of nitrogens with zero attached hydrogens (tertiary/aromatic N) is 2. The molecule has 1 aromatic carbocycles. The number of halogens is 4. The van der Waals surface area contributed by atoms with Crippen molar-refractivity contribution in [2.75, 3.05) is 6.26 Å². The van der Waals surface area contributed by atoms with E-state index in [1.165, 1.54) is 12.1 Å². The van der Waals surface area contributed by atoms with Crippen LogP contribution in [0.3, 0.4) is 0 Å². The van der Waals surface area contributed by atoms with Crippen molar-refractivity contribution in [3.63, 3.8) is 0 Å². The van der Waals surface area contributed by atoms with Gasteiger partial charge in [-0.2, -0.15) is 5.26 Å². The number of alkyl halides is 3. The molecule has 0 saturated carbocycles. The molecular weight excluding hydrogens is 347 g/mol. The number of ether oxygens (including phenoxy) is 1. The van der Waals surface area contributed by atoms with Crippen LogP contribution >= 0.6 is 27.7 Å². The second kappa shape index (κ2) is 6.68. The van der Waals surface area contributed by atoms with Gasteiger partial charge in [0.1, 0.15) is 5.75 Å². The minimum Gasteiger partial charge on any atom is -0.405 e. The summed E-state index contributed by atoms with van der Waals surface area (Å²) in [6, 6.07) is 4.02. The summed E-state index contributed by atoms with van der Waals surface area (Å²) in [7, 11) is 0. The molecule has 1 aromatic rings. The second-order valence-electron chi connectivity index (χ2n) is 2.99. The normalized spacial score (nSPS) is 11.9. The Morgan fingerprint density at radius 1 is 1.53 bits per heavy atom. The first kappa shape index (κ1) is 15.7. The zero-order chi connectivity index (χ0) is 14.5. The lowest BCUT2D eigenvalue weighted by Gasteiger charge is -2.11. The minimum atomic E-state index is -4.78. The van der Waals surface area contributed by atoms with Crippen LogP contribution < -0.4 is 10.1 Å². The first-order chi connectivity index (χ1) is 8.87. The quantitative estimate of drug-likeness (QED) is 0.380. The van der Waals surface area contributed by atoms with Gasteiger partial charge in [0.25, 0.3) is 0 Å². The Kier molecular flexibility index (Phi) is 5.50. The second-order valence-corrected chi connectivity index (χ2v) is 4.58. The van der Waals surface area contributed by atoms with Gasteiger partial charge in [-0.1, -0.05) is 17.8 Å². The number of nitrogens with one attached hydrogen (secondary N) is 1. The zero-order valence-electron chi connectivity index (χ0n) is 9.45. The Balaban J connectivity index is 3.11. The largest absolute Gasteiger partial charge is 0.573 e. The fourth-order valence-corrected chi connectivity index (χ4v) is 1.84. The molecule has 0 aliphatic heterocycles. The molecule has 19 heavy (non-hydrogen) atoms. The molecule has 9 heteroatoms. The predicted octanol–water partition coefficient (Wildman–Crippen LogP) is 3.77. The standard InChI is InChI=1S/C10H7BrF3N3OS/c1-19-9(16-5-15)17-6-3-2-4-7(8(6)11)18-10(12,13)14/h2-4H,1H3,(H,16,17). The third-order valence-electron chi connectivity index (χ3n) is 1.75. The van der Waals surface area contributed by atoms with Gasteiger partial charge in [-0.3, -0.25) is 5.32 Å². The summed E-state index contributed by atoms with van der Waals surface area (Å²) in [6.45, 7) is 0. The van der Waals surface area contributed by atoms with Gasteiger partial charge in [0.15, 0.2) is 11.4 Å². The van der Waals surface area contributed by atoms with Crippen LogP contribution in [0, 0.1) is 11.5 Å². The van der Waals surface area contributed by atoms with Crippen molar-refractivity contribution in [1.82, 2.24) is 5.32 Å². The molecule has 0 fully saturated rings. The Morgan fingerprint density at radius 3 is 2.74 bits per heavy atom. The van der Waals surface area contributed by atoms with E-state index in [0.29, 0.717) is 0 Å². The van der Waals surface area contributed by atoms with Crippen LogP contribution in [-0.4, -0.2) is 17.8 Å². The summed E-state index contributed by atoms with van der Waals surface area (Å²) in [4.78, 5) is 4.01. The number of hydrogen-bond acceptors (Lipinski definition) is 4. The van der Waals surface area contributed by atoms with Crippen LogP contribution in [0.5, 0.6) is 5.75 Å². The number of benzene rings is 1. The lowest BCUT2D eigenvalue weighted by Crippen LogP contribution is -2.17. The van der Waals surface area contributed by atoms with Crippen LogP contribution in [-0.2, 0) is 0 Å². The van der Waals surface area contributed by atoms with Gasteiger partial charge >= 0.3 is 6.36 Å². The van der Waals surface area contributed by atoms with Gasteiger partial charge in [0, 0.05) is 0 Å². The Labute approximate surface area is 119 Å². The molecule has 0 bridgehead atoms. The van der Waals surface area contributed by atoms with Gasteiger partial charge in [-0.25, -0.2) is 4.99 Å². The number of thioether (sulfide) groups is 1. The first-order valence-corrected chi connectivity index (χ1v) is 6.71. The van der Waals surface area contributed by atoms with E-state index in [-0.39, 0.29) is 15.3 Å². The van der Waals surface area contributed by atoms with Crippen molar-refractivity contribution in [2.24, 2.45) is 4.99 Å². The highest BCUT2D eigenvalue weighted by Crippen LogP contribution is 2.37. The Morgan fingerprint density at radius 2 is 2.21 bits per heavy atom. The maximum Gasteiger partial charge on any atom is 0.573 e. The molecule has 0 radical (unpaired) electrons. The summed E-state index contributed by atoms with van der Waals surface area (Å²) in [6.07, 6.45) is -1.42. The van der Waals surface area contributed by atoms with Crippen molar-refractivity contribution >= 4 is 38.5 Å². The first-order valence-electron chi connectivity index (χ1n) is 4.69. The maximum absolute atomic E-state index is 12.2. The van der Waals surface area contributed by atoms with Gasteiger partial charge in [-0.05, 0) is 34.3 Å². The number of amidine groups is 1. The minimum absolute atomic E-state index is 0.0543. The molecule has 0 heterocycles. The van der Waals surface area contributed by atoms with E-state index in [1.807, 2.05) is 0 Å².